The highest BCUT2D eigenvalue weighted by molar-refractivity contribution is 5.76. The average molecular weight is 907 g/mol. The van der Waals surface area contributed by atoms with Crippen molar-refractivity contribution in [2.24, 2.45) is 0 Å². The fourth-order valence-corrected chi connectivity index (χ4v) is 12.0. The minimum Gasteiger partial charge on any atom is -0.508 e. The van der Waals surface area contributed by atoms with E-state index in [0.29, 0.717) is 72.7 Å². The summed E-state index contributed by atoms with van der Waals surface area (Å²) in [5.41, 5.74) is 7.46. The molecule has 2 aliphatic carbocycles. The van der Waals surface area contributed by atoms with Crippen molar-refractivity contribution >= 4 is 0 Å². The van der Waals surface area contributed by atoms with Gasteiger partial charge in [0, 0.05) is 70.2 Å². The van der Waals surface area contributed by atoms with Crippen LogP contribution in [0.4, 0.5) is 0 Å². The molecule has 8 atom stereocenters. The SMILES string of the molecule is Oc1ccc(C2[C@H]3c4c(c(O)cc5c4[C@@H](c4cc(O)cc(O)c4)[C@H](c4ccc(O)cc4)O5)[C@H](c4ccc(O)cc4)[C@@H]2c2c3c(O)cc3c2[C@@H](c2cc(O)cc(O)c2)[C@H](c2ccc(O)cc2)O3)cc1. The van der Waals surface area contributed by atoms with Gasteiger partial charge in [0.25, 0.3) is 0 Å². The molecule has 0 fully saturated rings. The molecule has 0 saturated heterocycles. The van der Waals surface area contributed by atoms with E-state index in [1.807, 2.05) is 12.1 Å². The topological polar surface area (TPSA) is 221 Å². The van der Waals surface area contributed by atoms with Crippen LogP contribution in [0.5, 0.6) is 69.0 Å². The van der Waals surface area contributed by atoms with E-state index in [0.717, 1.165) is 5.56 Å². The molecule has 338 valence electrons. The molecule has 2 bridgehead atoms. The van der Waals surface area contributed by atoms with E-state index in [4.69, 9.17) is 9.47 Å². The second kappa shape index (κ2) is 14.9. The summed E-state index contributed by atoms with van der Waals surface area (Å²) < 4.78 is 13.8. The summed E-state index contributed by atoms with van der Waals surface area (Å²) in [4.78, 5) is 0. The number of rotatable bonds is 6. The molecule has 0 saturated carbocycles. The Morgan fingerprint density at radius 2 is 0.603 bits per heavy atom. The molecular formula is C56H42O12. The van der Waals surface area contributed by atoms with Crippen LogP contribution in [0.2, 0.25) is 0 Å². The Kier molecular flexibility index (Phi) is 8.97. The summed E-state index contributed by atoms with van der Waals surface area (Å²) in [7, 11) is 0. The fraction of sp³-hybridized carbons (Fsp3) is 0.143. The van der Waals surface area contributed by atoms with Gasteiger partial charge in [0.2, 0.25) is 0 Å². The first-order chi connectivity index (χ1) is 32.8. The summed E-state index contributed by atoms with van der Waals surface area (Å²) >= 11 is 0. The summed E-state index contributed by atoms with van der Waals surface area (Å²) in [5, 5.41) is 112. The van der Waals surface area contributed by atoms with Crippen LogP contribution < -0.4 is 9.47 Å². The van der Waals surface area contributed by atoms with E-state index in [9.17, 15) is 51.1 Å². The normalized spacial score (nSPS) is 22.6. The Morgan fingerprint density at radius 3 is 1.01 bits per heavy atom. The lowest BCUT2D eigenvalue weighted by Crippen LogP contribution is -2.28. The first-order valence-electron chi connectivity index (χ1n) is 22.2. The molecule has 0 amide bonds. The van der Waals surface area contributed by atoms with Crippen LogP contribution >= 0.6 is 0 Å². The summed E-state index contributed by atoms with van der Waals surface area (Å²) in [6, 6.07) is 38.6. The molecule has 8 aromatic carbocycles. The first-order valence-corrected chi connectivity index (χ1v) is 22.2. The van der Waals surface area contributed by atoms with Crippen molar-refractivity contribution in [3.05, 3.63) is 212 Å². The fourth-order valence-electron chi connectivity index (χ4n) is 12.0. The predicted molar refractivity (Wildman–Crippen MR) is 248 cm³/mol. The predicted octanol–water partition coefficient (Wildman–Crippen LogP) is 10.4. The van der Waals surface area contributed by atoms with Crippen LogP contribution in [0.1, 0.15) is 114 Å². The average Bonchev–Trinajstić information content (AvgIpc) is 3.95. The zero-order valence-electron chi connectivity index (χ0n) is 35.8. The van der Waals surface area contributed by atoms with Gasteiger partial charge in [-0.2, -0.15) is 0 Å². The quantitative estimate of drug-likeness (QED) is 0.0753. The Labute approximate surface area is 388 Å². The molecule has 12 nitrogen and oxygen atoms in total. The maximum absolute atomic E-state index is 12.8. The van der Waals surface area contributed by atoms with Gasteiger partial charge in [-0.25, -0.2) is 0 Å². The zero-order chi connectivity index (χ0) is 46.9. The number of ether oxygens (including phenoxy) is 2. The number of benzene rings is 8. The van der Waals surface area contributed by atoms with Crippen molar-refractivity contribution in [2.45, 2.75) is 47.7 Å². The lowest BCUT2D eigenvalue weighted by molar-refractivity contribution is 0.221. The Morgan fingerprint density at radius 1 is 0.250 bits per heavy atom. The number of hydrogen-bond acceptors (Lipinski definition) is 12. The molecule has 0 spiro atoms. The van der Waals surface area contributed by atoms with Crippen molar-refractivity contribution in [2.75, 3.05) is 0 Å². The summed E-state index contributed by atoms with van der Waals surface area (Å²) in [6.45, 7) is 0. The number of fused-ring (bicyclic) bond motifs is 11. The highest BCUT2D eigenvalue weighted by atomic mass is 16.5. The van der Waals surface area contributed by atoms with Crippen LogP contribution in [0, 0.1) is 0 Å². The lowest BCUT2D eigenvalue weighted by atomic mass is 9.60. The van der Waals surface area contributed by atoms with Gasteiger partial charge >= 0.3 is 0 Å². The van der Waals surface area contributed by atoms with Gasteiger partial charge in [0.05, 0.1) is 11.8 Å². The van der Waals surface area contributed by atoms with Crippen molar-refractivity contribution in [3.8, 4) is 69.0 Å². The van der Waals surface area contributed by atoms with Crippen molar-refractivity contribution in [3.63, 3.8) is 0 Å². The lowest BCUT2D eigenvalue weighted by Gasteiger charge is -2.41. The molecule has 0 aromatic heterocycles. The van der Waals surface area contributed by atoms with Crippen LogP contribution in [-0.2, 0) is 0 Å². The molecule has 68 heavy (non-hydrogen) atoms. The van der Waals surface area contributed by atoms with Crippen LogP contribution in [0.25, 0.3) is 0 Å². The number of phenols is 10. The smallest absolute Gasteiger partial charge is 0.135 e. The van der Waals surface area contributed by atoms with E-state index in [1.165, 1.54) is 12.1 Å². The molecule has 4 aliphatic rings. The molecular weight excluding hydrogens is 865 g/mol. The third kappa shape index (κ3) is 6.20. The molecule has 10 N–H and O–H groups in total. The van der Waals surface area contributed by atoms with Gasteiger partial charge in [-0.05, 0) is 117 Å². The maximum Gasteiger partial charge on any atom is 0.135 e. The monoisotopic (exact) mass is 906 g/mol. The van der Waals surface area contributed by atoms with Gasteiger partial charge in [0.1, 0.15) is 81.2 Å². The maximum atomic E-state index is 12.8. The summed E-state index contributed by atoms with van der Waals surface area (Å²) in [5.74, 6) is -4.30. The highest BCUT2D eigenvalue weighted by Crippen LogP contribution is 2.74. The zero-order valence-corrected chi connectivity index (χ0v) is 35.8. The first kappa shape index (κ1) is 40.8. The van der Waals surface area contributed by atoms with Crippen molar-refractivity contribution in [1.29, 1.82) is 0 Å². The van der Waals surface area contributed by atoms with E-state index >= 15 is 0 Å². The van der Waals surface area contributed by atoms with E-state index in [-0.39, 0.29) is 57.5 Å². The molecule has 2 heterocycles. The largest absolute Gasteiger partial charge is 0.508 e. The standard InChI is InChI=1S/C56H42O12/c57-31-9-1-25(2-10-31)43-47-39(65)23-41-49(45(29-17-35(61)21-36(62)18-29)55(67-41)27-5-13-33(59)14-6-27)53(47)52-44(26-3-11-32(58)12-4-26)51(43)54-48(52)40(66)24-42-50(54)46(30-19-37(63)22-38(64)20-30)56(68-42)28-7-15-34(60)16-8-28/h1-24,43-46,51-52,55-66H/t43-,44?,45+,46+,51-,52+,55-,56-/m0/s1. The number of hydrogen-bond donors (Lipinski definition) is 10. The Bertz CT molecular complexity index is 3290. The minimum atomic E-state index is -0.813. The third-order valence-corrected chi connectivity index (χ3v) is 14.4. The van der Waals surface area contributed by atoms with Gasteiger partial charge in [-0.1, -0.05) is 48.5 Å². The molecule has 0 radical (unpaired) electrons. The van der Waals surface area contributed by atoms with E-state index in [2.05, 4.69) is 0 Å². The van der Waals surface area contributed by atoms with Crippen molar-refractivity contribution in [1.82, 2.24) is 0 Å². The van der Waals surface area contributed by atoms with Gasteiger partial charge in [-0.15, -0.1) is 0 Å². The van der Waals surface area contributed by atoms with Crippen molar-refractivity contribution < 1.29 is 60.5 Å². The molecule has 12 rings (SSSR count). The Balaban J connectivity index is 1.21. The van der Waals surface area contributed by atoms with E-state index in [1.54, 1.807) is 121 Å². The van der Waals surface area contributed by atoms with Crippen LogP contribution in [0.15, 0.2) is 146 Å². The Hall–Kier alpha value is -8.64. The summed E-state index contributed by atoms with van der Waals surface area (Å²) in [6.07, 6.45) is -1.61. The molecule has 8 aromatic rings. The molecule has 1 unspecified atom stereocenters. The second-order valence-corrected chi connectivity index (χ2v) is 18.2. The van der Waals surface area contributed by atoms with Crippen LogP contribution in [0.3, 0.4) is 0 Å². The van der Waals surface area contributed by atoms with Crippen LogP contribution in [-0.4, -0.2) is 51.1 Å². The number of aromatic hydroxyl groups is 10. The second-order valence-electron chi connectivity index (χ2n) is 18.2. The highest BCUT2D eigenvalue weighted by Gasteiger charge is 2.59. The third-order valence-electron chi connectivity index (χ3n) is 14.4. The van der Waals surface area contributed by atoms with Gasteiger partial charge < -0.3 is 60.5 Å². The minimum absolute atomic E-state index is 0.0177. The number of phenolic OH excluding ortho intramolecular Hbond substituents is 10. The van der Waals surface area contributed by atoms with Gasteiger partial charge in [-0.3, -0.25) is 0 Å². The molecule has 2 aliphatic heterocycles. The molecule has 12 heteroatoms. The van der Waals surface area contributed by atoms with E-state index < -0.39 is 47.7 Å². The van der Waals surface area contributed by atoms with Gasteiger partial charge in [0.15, 0.2) is 0 Å².